The van der Waals surface area contributed by atoms with Crippen molar-refractivity contribution in [3.63, 3.8) is 0 Å². The first-order valence-electron chi connectivity index (χ1n) is 7.17. The molecule has 106 valence electrons. The maximum absolute atomic E-state index is 9.91. The van der Waals surface area contributed by atoms with Crippen molar-refractivity contribution in [2.45, 2.75) is 39.1 Å². The molecule has 2 atom stereocenters. The highest BCUT2D eigenvalue weighted by Crippen LogP contribution is 2.15. The van der Waals surface area contributed by atoms with Gasteiger partial charge in [0.05, 0.1) is 6.10 Å². The van der Waals surface area contributed by atoms with Gasteiger partial charge in [-0.05, 0) is 25.0 Å². The molecule has 20 heavy (non-hydrogen) atoms. The quantitative estimate of drug-likeness (QED) is 0.868. The van der Waals surface area contributed by atoms with Crippen LogP contribution in [0.25, 0.3) is 0 Å². The predicted octanol–water partition coefficient (Wildman–Crippen LogP) is 3.46. The molecule has 0 spiro atoms. The van der Waals surface area contributed by atoms with E-state index in [0.717, 1.165) is 13.1 Å². The third kappa shape index (κ3) is 4.19. The molecule has 0 radical (unpaired) electrons. The fourth-order valence-corrected chi connectivity index (χ4v) is 2.28. The van der Waals surface area contributed by atoms with Gasteiger partial charge in [-0.2, -0.15) is 0 Å². The van der Waals surface area contributed by atoms with Gasteiger partial charge in [0.2, 0.25) is 0 Å². The van der Waals surface area contributed by atoms with Gasteiger partial charge < -0.3 is 5.11 Å². The van der Waals surface area contributed by atoms with Crippen LogP contribution >= 0.6 is 0 Å². The van der Waals surface area contributed by atoms with Crippen LogP contribution in [-0.4, -0.2) is 22.2 Å². The van der Waals surface area contributed by atoms with Crippen molar-refractivity contribution >= 4 is 0 Å². The second kappa shape index (κ2) is 7.22. The van der Waals surface area contributed by atoms with Crippen molar-refractivity contribution < 1.29 is 5.11 Å². The van der Waals surface area contributed by atoms with Crippen molar-refractivity contribution in [1.29, 1.82) is 0 Å². The smallest absolute Gasteiger partial charge is 0.0664 e. The highest BCUT2D eigenvalue weighted by molar-refractivity contribution is 5.17. The molecule has 0 aromatic heterocycles. The molecular weight excluding hydrogens is 246 g/mol. The Kier molecular flexibility index (Phi) is 5.33. The lowest BCUT2D eigenvalue weighted by atomic mass is 10.1. The van der Waals surface area contributed by atoms with E-state index in [4.69, 9.17) is 0 Å². The molecule has 0 saturated carbocycles. The van der Waals surface area contributed by atoms with Gasteiger partial charge in [0, 0.05) is 19.1 Å². The SMILES string of the molecule is C[C@H](O)[C@@H](C)N(Cc1ccccc1)Cc1ccccc1. The third-order valence-electron chi connectivity index (χ3n) is 3.73. The van der Waals surface area contributed by atoms with Crippen LogP contribution in [0.4, 0.5) is 0 Å². The minimum Gasteiger partial charge on any atom is -0.392 e. The normalized spacial score (nSPS) is 14.2. The third-order valence-corrected chi connectivity index (χ3v) is 3.73. The molecular formula is C18H23NO. The number of rotatable bonds is 6. The zero-order valence-corrected chi connectivity index (χ0v) is 12.2. The summed E-state index contributed by atoms with van der Waals surface area (Å²) in [5.41, 5.74) is 2.55. The number of hydrogen-bond acceptors (Lipinski definition) is 2. The van der Waals surface area contributed by atoms with Gasteiger partial charge in [-0.15, -0.1) is 0 Å². The lowest BCUT2D eigenvalue weighted by molar-refractivity contribution is 0.0610. The summed E-state index contributed by atoms with van der Waals surface area (Å²) >= 11 is 0. The minimum absolute atomic E-state index is 0.121. The zero-order chi connectivity index (χ0) is 14.4. The van der Waals surface area contributed by atoms with Crippen LogP contribution in [0.15, 0.2) is 60.7 Å². The molecule has 2 rings (SSSR count). The van der Waals surface area contributed by atoms with Crippen molar-refractivity contribution in [3.05, 3.63) is 71.8 Å². The van der Waals surface area contributed by atoms with Crippen LogP contribution < -0.4 is 0 Å². The Hall–Kier alpha value is -1.64. The number of hydrogen-bond donors (Lipinski definition) is 1. The van der Waals surface area contributed by atoms with Gasteiger partial charge >= 0.3 is 0 Å². The summed E-state index contributed by atoms with van der Waals surface area (Å²) in [6.45, 7) is 5.63. The summed E-state index contributed by atoms with van der Waals surface area (Å²) in [6.07, 6.45) is -0.345. The van der Waals surface area contributed by atoms with Gasteiger partial charge in [-0.25, -0.2) is 0 Å². The van der Waals surface area contributed by atoms with Crippen molar-refractivity contribution in [2.24, 2.45) is 0 Å². The molecule has 0 saturated heterocycles. The van der Waals surface area contributed by atoms with Gasteiger partial charge in [0.15, 0.2) is 0 Å². The Morgan fingerprint density at radius 3 is 1.55 bits per heavy atom. The number of aliphatic hydroxyl groups is 1. The first-order chi connectivity index (χ1) is 9.66. The van der Waals surface area contributed by atoms with E-state index in [1.807, 2.05) is 19.1 Å². The molecule has 0 heterocycles. The van der Waals surface area contributed by atoms with E-state index in [2.05, 4.69) is 60.4 Å². The van der Waals surface area contributed by atoms with E-state index in [9.17, 15) is 5.11 Å². The van der Waals surface area contributed by atoms with Crippen LogP contribution in [0.2, 0.25) is 0 Å². The molecule has 0 amide bonds. The monoisotopic (exact) mass is 269 g/mol. The van der Waals surface area contributed by atoms with Gasteiger partial charge in [0.1, 0.15) is 0 Å². The Bertz CT molecular complexity index is 454. The first kappa shape index (κ1) is 14.8. The summed E-state index contributed by atoms with van der Waals surface area (Å²) in [5, 5.41) is 9.91. The van der Waals surface area contributed by atoms with E-state index >= 15 is 0 Å². The highest BCUT2D eigenvalue weighted by atomic mass is 16.3. The summed E-state index contributed by atoms with van der Waals surface area (Å²) in [4.78, 5) is 2.31. The second-order valence-corrected chi connectivity index (χ2v) is 5.36. The predicted molar refractivity (Wildman–Crippen MR) is 83.3 cm³/mol. The first-order valence-corrected chi connectivity index (χ1v) is 7.17. The van der Waals surface area contributed by atoms with E-state index in [1.54, 1.807) is 0 Å². The Labute approximate surface area is 121 Å². The van der Waals surface area contributed by atoms with Crippen LogP contribution in [0.3, 0.4) is 0 Å². The number of nitrogens with zero attached hydrogens (tertiary/aromatic N) is 1. The Morgan fingerprint density at radius 2 is 1.20 bits per heavy atom. The van der Waals surface area contributed by atoms with Gasteiger partial charge in [0.25, 0.3) is 0 Å². The molecule has 0 bridgehead atoms. The lowest BCUT2D eigenvalue weighted by Crippen LogP contribution is -2.39. The molecule has 0 unspecified atom stereocenters. The summed E-state index contributed by atoms with van der Waals surface area (Å²) < 4.78 is 0. The second-order valence-electron chi connectivity index (χ2n) is 5.36. The summed E-state index contributed by atoms with van der Waals surface area (Å²) in [6, 6.07) is 20.9. The van der Waals surface area contributed by atoms with E-state index < -0.39 is 0 Å². The van der Waals surface area contributed by atoms with Gasteiger partial charge in [-0.1, -0.05) is 60.7 Å². The zero-order valence-electron chi connectivity index (χ0n) is 12.2. The van der Waals surface area contributed by atoms with Gasteiger partial charge in [-0.3, -0.25) is 4.90 Å². The maximum atomic E-state index is 9.91. The van der Waals surface area contributed by atoms with Crippen molar-refractivity contribution in [3.8, 4) is 0 Å². The summed E-state index contributed by atoms with van der Waals surface area (Å²) in [5.74, 6) is 0. The highest BCUT2D eigenvalue weighted by Gasteiger charge is 2.18. The maximum Gasteiger partial charge on any atom is 0.0664 e. The molecule has 0 aliphatic carbocycles. The van der Waals surface area contributed by atoms with Crippen molar-refractivity contribution in [1.82, 2.24) is 4.90 Å². The number of benzene rings is 2. The molecule has 2 nitrogen and oxygen atoms in total. The number of aliphatic hydroxyl groups excluding tert-OH is 1. The van der Waals surface area contributed by atoms with Crippen molar-refractivity contribution in [2.75, 3.05) is 0 Å². The molecule has 2 heteroatoms. The van der Waals surface area contributed by atoms with Crippen LogP contribution in [0.1, 0.15) is 25.0 Å². The molecule has 0 aliphatic rings. The average Bonchev–Trinajstić information content (AvgIpc) is 2.48. The largest absolute Gasteiger partial charge is 0.392 e. The Morgan fingerprint density at radius 1 is 0.800 bits per heavy atom. The minimum atomic E-state index is -0.345. The fraction of sp³-hybridized carbons (Fsp3) is 0.333. The van der Waals surface area contributed by atoms with E-state index in [1.165, 1.54) is 11.1 Å². The van der Waals surface area contributed by atoms with Crippen LogP contribution in [0, 0.1) is 0 Å². The standard InChI is InChI=1S/C18H23NO/c1-15(16(2)20)19(13-17-9-5-3-6-10-17)14-18-11-7-4-8-12-18/h3-12,15-16,20H,13-14H2,1-2H3/t15-,16+/m1/s1. The Balaban J connectivity index is 2.12. The molecule has 2 aromatic rings. The molecule has 2 aromatic carbocycles. The summed E-state index contributed by atoms with van der Waals surface area (Å²) in [7, 11) is 0. The topological polar surface area (TPSA) is 23.5 Å². The fourth-order valence-electron chi connectivity index (χ4n) is 2.28. The molecule has 1 N–H and O–H groups in total. The van der Waals surface area contributed by atoms with Crippen LogP contribution in [-0.2, 0) is 13.1 Å². The van der Waals surface area contributed by atoms with E-state index in [0.29, 0.717) is 0 Å². The van der Waals surface area contributed by atoms with Crippen LogP contribution in [0.5, 0.6) is 0 Å². The average molecular weight is 269 g/mol. The molecule has 0 aliphatic heterocycles. The van der Waals surface area contributed by atoms with E-state index in [-0.39, 0.29) is 12.1 Å². The lowest BCUT2D eigenvalue weighted by Gasteiger charge is -2.31. The molecule has 0 fully saturated rings.